The van der Waals surface area contributed by atoms with Crippen molar-refractivity contribution in [1.82, 2.24) is 0 Å². The van der Waals surface area contributed by atoms with Crippen molar-refractivity contribution in [1.29, 1.82) is 0 Å². The summed E-state index contributed by atoms with van der Waals surface area (Å²) in [6.07, 6.45) is -4.01. The van der Waals surface area contributed by atoms with Gasteiger partial charge in [-0.3, -0.25) is 0 Å². The van der Waals surface area contributed by atoms with Crippen LogP contribution in [0.25, 0.3) is 0 Å². The zero-order valence-corrected chi connectivity index (χ0v) is 11.3. The molecule has 0 spiro atoms. The van der Waals surface area contributed by atoms with E-state index in [2.05, 4.69) is 27.2 Å². The van der Waals surface area contributed by atoms with Crippen LogP contribution in [0.2, 0.25) is 0 Å². The summed E-state index contributed by atoms with van der Waals surface area (Å²) in [6.45, 7) is 6.03. The molecule has 0 radical (unpaired) electrons. The zero-order valence-electron chi connectivity index (χ0n) is 9.68. The maximum Gasteiger partial charge on any atom is 0.573 e. The summed E-state index contributed by atoms with van der Waals surface area (Å²) >= 11 is 3.00. The molecule has 1 rings (SSSR count). The van der Waals surface area contributed by atoms with Gasteiger partial charge in [0.2, 0.25) is 0 Å². The van der Waals surface area contributed by atoms with Gasteiger partial charge in [0.1, 0.15) is 11.5 Å². The maximum atomic E-state index is 12.0. The van der Waals surface area contributed by atoms with E-state index in [1.807, 2.05) is 6.92 Å². The molecule has 0 fully saturated rings. The molecule has 0 N–H and O–H groups in total. The third kappa shape index (κ3) is 5.44. The molecule has 1 aromatic carbocycles. The molecule has 18 heavy (non-hydrogen) atoms. The van der Waals surface area contributed by atoms with Crippen LogP contribution in [-0.2, 0) is 0 Å². The Morgan fingerprint density at radius 3 is 2.56 bits per heavy atom. The highest BCUT2D eigenvalue weighted by molar-refractivity contribution is 9.10. The predicted molar refractivity (Wildman–Crippen MR) is 65.8 cm³/mol. The van der Waals surface area contributed by atoms with Crippen LogP contribution in [0, 0.1) is 0 Å². The van der Waals surface area contributed by atoms with Crippen LogP contribution in [-0.4, -0.2) is 13.0 Å². The zero-order chi connectivity index (χ0) is 13.8. The fourth-order valence-electron chi connectivity index (χ4n) is 1.12. The Labute approximate surface area is 112 Å². The Morgan fingerprint density at radius 1 is 1.39 bits per heavy atom. The summed E-state index contributed by atoms with van der Waals surface area (Å²) in [7, 11) is 0. The van der Waals surface area contributed by atoms with Crippen molar-refractivity contribution in [3.8, 4) is 11.5 Å². The van der Waals surface area contributed by atoms with Crippen LogP contribution in [0.1, 0.15) is 13.3 Å². The van der Waals surface area contributed by atoms with Gasteiger partial charge in [-0.1, -0.05) is 5.57 Å². The molecule has 1 aromatic rings. The van der Waals surface area contributed by atoms with Crippen molar-refractivity contribution >= 4 is 15.9 Å². The Kier molecular flexibility index (Phi) is 5.07. The first-order valence-corrected chi connectivity index (χ1v) is 5.90. The number of ether oxygens (including phenoxy) is 2. The second-order valence-electron chi connectivity index (χ2n) is 3.70. The molecule has 0 aliphatic heterocycles. The molecule has 0 atom stereocenters. The first-order valence-electron chi connectivity index (χ1n) is 5.10. The summed E-state index contributed by atoms with van der Waals surface area (Å²) in [6, 6.07) is 4.05. The average Bonchev–Trinajstić information content (AvgIpc) is 2.19. The summed E-state index contributed by atoms with van der Waals surface area (Å²) < 4.78 is 45.4. The maximum absolute atomic E-state index is 12.0. The van der Waals surface area contributed by atoms with Crippen molar-refractivity contribution in [2.24, 2.45) is 0 Å². The third-order valence-corrected chi connectivity index (χ3v) is 2.55. The molecule has 0 saturated carbocycles. The second kappa shape index (κ2) is 6.13. The second-order valence-corrected chi connectivity index (χ2v) is 4.55. The number of halogens is 4. The van der Waals surface area contributed by atoms with Gasteiger partial charge in [-0.2, -0.15) is 0 Å². The van der Waals surface area contributed by atoms with Crippen molar-refractivity contribution < 1.29 is 22.6 Å². The monoisotopic (exact) mass is 324 g/mol. The lowest BCUT2D eigenvalue weighted by Gasteiger charge is -2.12. The molecule has 100 valence electrons. The van der Waals surface area contributed by atoms with Crippen LogP contribution in [0.4, 0.5) is 13.2 Å². The molecule has 6 heteroatoms. The largest absolute Gasteiger partial charge is 0.573 e. The first kappa shape index (κ1) is 14.9. The predicted octanol–water partition coefficient (Wildman–Crippen LogP) is 4.69. The van der Waals surface area contributed by atoms with Gasteiger partial charge < -0.3 is 9.47 Å². The van der Waals surface area contributed by atoms with Gasteiger partial charge >= 0.3 is 6.36 Å². The molecule has 0 amide bonds. The lowest BCUT2D eigenvalue weighted by atomic mass is 10.2. The summed E-state index contributed by atoms with van der Waals surface area (Å²) in [4.78, 5) is 0. The number of benzene rings is 1. The first-order chi connectivity index (χ1) is 8.28. The smallest absolute Gasteiger partial charge is 0.493 e. The number of hydrogen-bond donors (Lipinski definition) is 0. The molecule has 2 nitrogen and oxygen atoms in total. The van der Waals surface area contributed by atoms with Crippen molar-refractivity contribution in [3.63, 3.8) is 0 Å². The van der Waals surface area contributed by atoms with E-state index in [1.54, 1.807) is 0 Å². The number of hydrogen-bond acceptors (Lipinski definition) is 2. The van der Waals surface area contributed by atoms with Gasteiger partial charge in [0.25, 0.3) is 0 Å². The van der Waals surface area contributed by atoms with Gasteiger partial charge in [-0.15, -0.1) is 19.8 Å². The number of rotatable bonds is 5. The fourth-order valence-corrected chi connectivity index (χ4v) is 1.56. The van der Waals surface area contributed by atoms with Crippen LogP contribution in [0.3, 0.4) is 0 Å². The molecule has 0 aliphatic rings. The minimum atomic E-state index is -4.70. The Balaban J connectivity index is 2.64. The molecule has 0 aromatic heterocycles. The highest BCUT2D eigenvalue weighted by Gasteiger charge is 2.31. The summed E-state index contributed by atoms with van der Waals surface area (Å²) in [5, 5.41) is 0. The van der Waals surface area contributed by atoms with E-state index in [-0.39, 0.29) is 10.2 Å². The fraction of sp³-hybridized carbons (Fsp3) is 0.333. The van der Waals surface area contributed by atoms with Gasteiger partial charge in [-0.25, -0.2) is 0 Å². The normalized spacial score (nSPS) is 11.2. The van der Waals surface area contributed by atoms with E-state index in [4.69, 9.17) is 4.74 Å². The highest BCUT2D eigenvalue weighted by Crippen LogP contribution is 2.33. The van der Waals surface area contributed by atoms with E-state index in [0.29, 0.717) is 18.8 Å². The third-order valence-electron chi connectivity index (χ3n) is 1.93. The quantitative estimate of drug-likeness (QED) is 0.731. The molecule has 0 bridgehead atoms. The topological polar surface area (TPSA) is 18.5 Å². The van der Waals surface area contributed by atoms with Gasteiger partial charge in [-0.05, 0) is 41.1 Å². The average molecular weight is 325 g/mol. The Bertz CT molecular complexity index is 430. The van der Waals surface area contributed by atoms with Crippen LogP contribution < -0.4 is 9.47 Å². The lowest BCUT2D eigenvalue weighted by Crippen LogP contribution is -2.17. The molecule has 0 unspecified atom stereocenters. The summed E-state index contributed by atoms with van der Waals surface area (Å²) in [5.74, 6) is 0.174. The van der Waals surface area contributed by atoms with Crippen molar-refractivity contribution in [3.05, 3.63) is 34.8 Å². The summed E-state index contributed by atoms with van der Waals surface area (Å²) in [5.41, 5.74) is 0.978. The van der Waals surface area contributed by atoms with E-state index in [1.165, 1.54) is 18.2 Å². The molecule has 0 saturated heterocycles. The lowest BCUT2D eigenvalue weighted by molar-refractivity contribution is -0.274. The van der Waals surface area contributed by atoms with E-state index in [9.17, 15) is 13.2 Å². The van der Waals surface area contributed by atoms with Gasteiger partial charge in [0.15, 0.2) is 0 Å². The molecule has 0 heterocycles. The Morgan fingerprint density at radius 2 is 2.06 bits per heavy atom. The van der Waals surface area contributed by atoms with Crippen LogP contribution in [0.5, 0.6) is 11.5 Å². The van der Waals surface area contributed by atoms with Crippen molar-refractivity contribution in [2.75, 3.05) is 6.61 Å². The van der Waals surface area contributed by atoms with Gasteiger partial charge in [0.05, 0.1) is 11.1 Å². The number of alkyl halides is 3. The standard InChI is InChI=1S/C12H12BrF3O2/c1-8(2)5-6-17-9-3-4-11(10(13)7-9)18-12(14,15)16/h3-4,7H,1,5-6H2,2H3. The molecular weight excluding hydrogens is 313 g/mol. The molecule has 0 aliphatic carbocycles. The van der Waals surface area contributed by atoms with Crippen LogP contribution in [0.15, 0.2) is 34.8 Å². The Hall–Kier alpha value is -1.17. The molecular formula is C12H12BrF3O2. The van der Waals surface area contributed by atoms with E-state index < -0.39 is 6.36 Å². The van der Waals surface area contributed by atoms with Crippen molar-refractivity contribution in [2.45, 2.75) is 19.7 Å². The SMILES string of the molecule is C=C(C)CCOc1ccc(OC(F)(F)F)c(Br)c1. The minimum Gasteiger partial charge on any atom is -0.493 e. The highest BCUT2D eigenvalue weighted by atomic mass is 79.9. The van der Waals surface area contributed by atoms with Gasteiger partial charge in [0, 0.05) is 6.42 Å². The minimum absolute atomic E-state index is 0.188. The van der Waals surface area contributed by atoms with Crippen LogP contribution >= 0.6 is 15.9 Å². The van der Waals surface area contributed by atoms with E-state index in [0.717, 1.165) is 5.57 Å². The van der Waals surface area contributed by atoms with E-state index >= 15 is 0 Å².